The van der Waals surface area contributed by atoms with E-state index in [4.69, 9.17) is 5.73 Å². The molecule has 2 rings (SSSR count). The molecule has 0 bridgehead atoms. The van der Waals surface area contributed by atoms with Gasteiger partial charge in [-0.2, -0.15) is 13.2 Å². The maximum Gasteiger partial charge on any atom is 0.416 e. The highest BCUT2D eigenvalue weighted by atomic mass is 19.4. The number of hydrogen-bond acceptors (Lipinski definition) is 2. The summed E-state index contributed by atoms with van der Waals surface area (Å²) in [5.74, 6) is -0.572. The quantitative estimate of drug-likeness (QED) is 0.846. The van der Waals surface area contributed by atoms with E-state index in [0.29, 0.717) is 19.2 Å². The Morgan fingerprint density at radius 1 is 1.30 bits per heavy atom. The number of rotatable bonds is 2. The van der Waals surface area contributed by atoms with E-state index in [9.17, 15) is 17.6 Å². The molecule has 2 N–H and O–H groups in total. The SMILES string of the molecule is CC1CCC(CN)CN1c1ccc(C(F)(F)F)cc1F. The fraction of sp³-hybridized carbons (Fsp3) is 0.571. The molecule has 1 heterocycles. The molecule has 20 heavy (non-hydrogen) atoms. The van der Waals surface area contributed by atoms with Gasteiger partial charge >= 0.3 is 6.18 Å². The Morgan fingerprint density at radius 2 is 2.00 bits per heavy atom. The van der Waals surface area contributed by atoms with E-state index in [1.807, 2.05) is 11.8 Å². The second-order valence-electron chi connectivity index (χ2n) is 5.34. The first-order valence-corrected chi connectivity index (χ1v) is 6.66. The molecule has 0 radical (unpaired) electrons. The van der Waals surface area contributed by atoms with Gasteiger partial charge in [-0.3, -0.25) is 0 Å². The van der Waals surface area contributed by atoms with E-state index in [0.717, 1.165) is 18.9 Å². The predicted octanol–water partition coefficient (Wildman–Crippen LogP) is 3.41. The lowest BCUT2D eigenvalue weighted by Crippen LogP contribution is -2.44. The van der Waals surface area contributed by atoms with Crippen LogP contribution in [0.1, 0.15) is 25.3 Å². The van der Waals surface area contributed by atoms with E-state index in [1.54, 1.807) is 0 Å². The number of nitrogens with two attached hydrogens (primary N) is 1. The molecule has 112 valence electrons. The van der Waals surface area contributed by atoms with Crippen LogP contribution in [0.15, 0.2) is 18.2 Å². The molecule has 0 amide bonds. The summed E-state index contributed by atoms with van der Waals surface area (Å²) in [4.78, 5) is 1.82. The summed E-state index contributed by atoms with van der Waals surface area (Å²) in [5.41, 5.74) is 4.91. The molecule has 2 unspecified atom stereocenters. The molecule has 1 fully saturated rings. The molecule has 0 saturated carbocycles. The van der Waals surface area contributed by atoms with Gasteiger partial charge in [0.25, 0.3) is 0 Å². The van der Waals surface area contributed by atoms with Crippen LogP contribution < -0.4 is 10.6 Å². The van der Waals surface area contributed by atoms with Gasteiger partial charge < -0.3 is 10.6 Å². The normalized spacial score (nSPS) is 24.0. The van der Waals surface area contributed by atoms with Crippen LogP contribution in [-0.2, 0) is 6.18 Å². The topological polar surface area (TPSA) is 29.3 Å². The predicted molar refractivity (Wildman–Crippen MR) is 70.0 cm³/mol. The highest BCUT2D eigenvalue weighted by molar-refractivity contribution is 5.51. The zero-order valence-corrected chi connectivity index (χ0v) is 11.3. The Labute approximate surface area is 115 Å². The van der Waals surface area contributed by atoms with Crippen LogP contribution in [0.5, 0.6) is 0 Å². The molecule has 1 aliphatic heterocycles. The van der Waals surface area contributed by atoms with Crippen LogP contribution in [-0.4, -0.2) is 19.1 Å². The Balaban J connectivity index is 2.28. The number of benzene rings is 1. The Bertz CT molecular complexity index is 473. The average molecular weight is 290 g/mol. The van der Waals surface area contributed by atoms with Crippen molar-refractivity contribution in [2.45, 2.75) is 32.0 Å². The lowest BCUT2D eigenvalue weighted by Gasteiger charge is -2.39. The van der Waals surface area contributed by atoms with Crippen molar-refractivity contribution in [3.8, 4) is 0 Å². The summed E-state index contributed by atoms with van der Waals surface area (Å²) in [7, 11) is 0. The largest absolute Gasteiger partial charge is 0.416 e. The van der Waals surface area contributed by atoms with Crippen molar-refractivity contribution in [2.75, 3.05) is 18.0 Å². The molecule has 1 saturated heterocycles. The Hall–Kier alpha value is -1.30. The molecule has 2 atom stereocenters. The number of hydrogen-bond donors (Lipinski definition) is 1. The van der Waals surface area contributed by atoms with Crippen molar-refractivity contribution in [1.82, 2.24) is 0 Å². The molecule has 1 aromatic carbocycles. The summed E-state index contributed by atoms with van der Waals surface area (Å²) in [6, 6.07) is 2.81. The van der Waals surface area contributed by atoms with Gasteiger partial charge in [0.1, 0.15) is 5.82 Å². The first kappa shape index (κ1) is 15.1. The van der Waals surface area contributed by atoms with Gasteiger partial charge in [0, 0.05) is 12.6 Å². The third-order valence-electron chi connectivity index (χ3n) is 3.90. The first-order chi connectivity index (χ1) is 9.32. The Morgan fingerprint density at radius 3 is 2.55 bits per heavy atom. The number of halogens is 4. The van der Waals surface area contributed by atoms with Gasteiger partial charge in [-0.25, -0.2) is 4.39 Å². The summed E-state index contributed by atoms with van der Waals surface area (Å²) >= 11 is 0. The van der Waals surface area contributed by atoms with Crippen molar-refractivity contribution in [1.29, 1.82) is 0 Å². The average Bonchev–Trinajstić information content (AvgIpc) is 2.38. The van der Waals surface area contributed by atoms with Crippen LogP contribution >= 0.6 is 0 Å². The maximum absolute atomic E-state index is 14.0. The minimum Gasteiger partial charge on any atom is -0.366 e. The lowest BCUT2D eigenvalue weighted by molar-refractivity contribution is -0.137. The van der Waals surface area contributed by atoms with Crippen LogP contribution in [0, 0.1) is 11.7 Å². The number of nitrogens with zero attached hydrogens (tertiary/aromatic N) is 1. The van der Waals surface area contributed by atoms with Crippen molar-refractivity contribution in [2.24, 2.45) is 11.7 Å². The van der Waals surface area contributed by atoms with E-state index < -0.39 is 17.6 Å². The fourth-order valence-corrected chi connectivity index (χ4v) is 2.63. The zero-order valence-electron chi connectivity index (χ0n) is 11.3. The van der Waals surface area contributed by atoms with Gasteiger partial charge in [-0.05, 0) is 50.4 Å². The molecular formula is C14H18F4N2. The third kappa shape index (κ3) is 3.06. The molecule has 0 aromatic heterocycles. The van der Waals surface area contributed by atoms with Gasteiger partial charge in [-0.15, -0.1) is 0 Å². The van der Waals surface area contributed by atoms with E-state index >= 15 is 0 Å². The first-order valence-electron chi connectivity index (χ1n) is 6.66. The number of alkyl halides is 3. The maximum atomic E-state index is 14.0. The highest BCUT2D eigenvalue weighted by Crippen LogP contribution is 2.34. The van der Waals surface area contributed by atoms with Gasteiger partial charge in [0.2, 0.25) is 0 Å². The minimum absolute atomic E-state index is 0.101. The van der Waals surface area contributed by atoms with Crippen molar-refractivity contribution in [3.63, 3.8) is 0 Å². The molecule has 0 aliphatic carbocycles. The summed E-state index contributed by atoms with van der Waals surface area (Å²) in [6.45, 7) is 3.04. The van der Waals surface area contributed by atoms with Gasteiger partial charge in [0.05, 0.1) is 11.3 Å². The lowest BCUT2D eigenvalue weighted by atomic mass is 9.93. The highest BCUT2D eigenvalue weighted by Gasteiger charge is 2.32. The van der Waals surface area contributed by atoms with E-state index in [2.05, 4.69) is 0 Å². The molecule has 0 spiro atoms. The van der Waals surface area contributed by atoms with E-state index in [-0.39, 0.29) is 17.6 Å². The van der Waals surface area contributed by atoms with Crippen LogP contribution in [0.4, 0.5) is 23.2 Å². The van der Waals surface area contributed by atoms with Gasteiger partial charge in [0.15, 0.2) is 0 Å². The van der Waals surface area contributed by atoms with Crippen LogP contribution in [0.2, 0.25) is 0 Å². The fourth-order valence-electron chi connectivity index (χ4n) is 2.63. The standard InChI is InChI=1S/C14H18F4N2/c1-9-2-3-10(7-19)8-20(9)13-5-4-11(6-12(13)15)14(16,17)18/h4-6,9-10H,2-3,7-8,19H2,1H3. The number of anilines is 1. The zero-order chi connectivity index (χ0) is 14.9. The van der Waals surface area contributed by atoms with Crippen molar-refractivity contribution >= 4 is 5.69 Å². The smallest absolute Gasteiger partial charge is 0.366 e. The summed E-state index contributed by atoms with van der Waals surface area (Å²) < 4.78 is 51.6. The minimum atomic E-state index is -4.52. The summed E-state index contributed by atoms with van der Waals surface area (Å²) in [5, 5.41) is 0. The number of piperidine rings is 1. The molecule has 2 nitrogen and oxygen atoms in total. The van der Waals surface area contributed by atoms with Crippen LogP contribution in [0.25, 0.3) is 0 Å². The monoisotopic (exact) mass is 290 g/mol. The van der Waals surface area contributed by atoms with Crippen molar-refractivity contribution in [3.05, 3.63) is 29.6 Å². The van der Waals surface area contributed by atoms with Crippen molar-refractivity contribution < 1.29 is 17.6 Å². The molecule has 1 aromatic rings. The van der Waals surface area contributed by atoms with Gasteiger partial charge in [-0.1, -0.05) is 0 Å². The molecule has 6 heteroatoms. The Kier molecular flexibility index (Phi) is 4.22. The molecule has 1 aliphatic rings. The van der Waals surface area contributed by atoms with E-state index in [1.165, 1.54) is 6.07 Å². The third-order valence-corrected chi connectivity index (χ3v) is 3.90. The molecular weight excluding hydrogens is 272 g/mol. The second-order valence-corrected chi connectivity index (χ2v) is 5.34. The van der Waals surface area contributed by atoms with Crippen LogP contribution in [0.3, 0.4) is 0 Å². The second kappa shape index (κ2) is 5.60. The summed E-state index contributed by atoms with van der Waals surface area (Å²) in [6.07, 6.45) is -2.69.